The molecule has 1 spiro atoms. The topological polar surface area (TPSA) is 48.0 Å². The van der Waals surface area contributed by atoms with Crippen LogP contribution in [-0.2, 0) is 21.4 Å². The Morgan fingerprint density at radius 3 is 2.68 bits per heavy atom. The zero-order valence-electron chi connectivity index (χ0n) is 15.1. The minimum atomic E-state index is -0.410. The first-order chi connectivity index (χ1) is 12.0. The number of hydrogen-bond acceptors (Lipinski definition) is 5. The third-order valence-electron chi connectivity index (χ3n) is 5.77. The minimum absolute atomic E-state index is 0.0940. The van der Waals surface area contributed by atoms with Crippen molar-refractivity contribution in [1.82, 2.24) is 4.90 Å². The molecule has 1 aliphatic heterocycles. The molecule has 1 aromatic carbocycles. The van der Waals surface area contributed by atoms with Crippen molar-refractivity contribution in [3.05, 3.63) is 46.7 Å². The highest BCUT2D eigenvalue weighted by Crippen LogP contribution is 2.58. The van der Waals surface area contributed by atoms with Crippen LogP contribution in [0.15, 0.2) is 30.1 Å². The van der Waals surface area contributed by atoms with Crippen LogP contribution >= 0.6 is 0 Å². The number of methoxy groups -OCH3 is 3. The molecule has 2 atom stereocenters. The molecule has 0 radical (unpaired) electrons. The van der Waals surface area contributed by atoms with Gasteiger partial charge in [0.2, 0.25) is 5.78 Å². The van der Waals surface area contributed by atoms with Crippen LogP contribution in [0.2, 0.25) is 0 Å². The summed E-state index contributed by atoms with van der Waals surface area (Å²) in [5.74, 6) is 1.80. The van der Waals surface area contributed by atoms with Gasteiger partial charge < -0.3 is 14.2 Å². The SMILES string of the molecule is COC1=C[C@@]2(C=CC1=O)C[C@H]1c3c(cc(OC)c(OC)c32)CCN1C. The van der Waals surface area contributed by atoms with E-state index >= 15 is 0 Å². The Bertz CT molecular complexity index is 810. The van der Waals surface area contributed by atoms with Gasteiger partial charge >= 0.3 is 0 Å². The number of rotatable bonds is 3. The van der Waals surface area contributed by atoms with Crippen molar-refractivity contribution in [2.24, 2.45) is 0 Å². The molecule has 1 heterocycles. The van der Waals surface area contributed by atoms with Gasteiger partial charge in [0.15, 0.2) is 17.3 Å². The monoisotopic (exact) mass is 341 g/mol. The highest BCUT2D eigenvalue weighted by atomic mass is 16.5. The van der Waals surface area contributed by atoms with Crippen LogP contribution in [-0.4, -0.2) is 45.6 Å². The van der Waals surface area contributed by atoms with E-state index in [0.29, 0.717) is 11.8 Å². The molecule has 0 saturated heterocycles. The van der Waals surface area contributed by atoms with Gasteiger partial charge in [-0.25, -0.2) is 0 Å². The first-order valence-corrected chi connectivity index (χ1v) is 8.53. The molecule has 5 nitrogen and oxygen atoms in total. The Morgan fingerprint density at radius 2 is 2.00 bits per heavy atom. The van der Waals surface area contributed by atoms with Gasteiger partial charge in [0.05, 0.1) is 21.3 Å². The summed E-state index contributed by atoms with van der Waals surface area (Å²) in [6.07, 6.45) is 7.43. The molecule has 2 aliphatic carbocycles. The van der Waals surface area contributed by atoms with Gasteiger partial charge in [-0.3, -0.25) is 9.69 Å². The van der Waals surface area contributed by atoms with Crippen LogP contribution < -0.4 is 9.47 Å². The van der Waals surface area contributed by atoms with Crippen molar-refractivity contribution in [3.8, 4) is 11.5 Å². The number of carbonyl (C=O) groups is 1. The van der Waals surface area contributed by atoms with Crippen molar-refractivity contribution in [2.75, 3.05) is 34.9 Å². The summed E-state index contributed by atoms with van der Waals surface area (Å²) in [5.41, 5.74) is 3.33. The molecule has 0 bridgehead atoms. The van der Waals surface area contributed by atoms with Gasteiger partial charge in [-0.05, 0) is 49.2 Å². The molecule has 0 saturated carbocycles. The summed E-state index contributed by atoms with van der Waals surface area (Å²) in [5, 5.41) is 0. The minimum Gasteiger partial charge on any atom is -0.493 e. The zero-order chi connectivity index (χ0) is 17.8. The van der Waals surface area contributed by atoms with Gasteiger partial charge in [-0.1, -0.05) is 6.08 Å². The Hall–Kier alpha value is -2.27. The van der Waals surface area contributed by atoms with Crippen molar-refractivity contribution in [1.29, 1.82) is 0 Å². The number of hydrogen-bond donors (Lipinski definition) is 0. The van der Waals surface area contributed by atoms with Crippen LogP contribution in [0.1, 0.15) is 29.2 Å². The lowest BCUT2D eigenvalue weighted by molar-refractivity contribution is -0.114. The number of likely N-dealkylation sites (N-methyl/N-ethyl adjacent to an activating group) is 1. The van der Waals surface area contributed by atoms with E-state index in [2.05, 4.69) is 18.0 Å². The summed E-state index contributed by atoms with van der Waals surface area (Å²) in [6, 6.07) is 2.40. The van der Waals surface area contributed by atoms with Crippen LogP contribution in [0.5, 0.6) is 11.5 Å². The third kappa shape index (κ3) is 2.15. The average Bonchev–Trinajstić information content (AvgIpc) is 2.96. The second kappa shape index (κ2) is 5.63. The number of ketones is 1. The molecule has 0 amide bonds. The predicted octanol–water partition coefficient (Wildman–Crippen LogP) is 2.54. The lowest BCUT2D eigenvalue weighted by atomic mass is 9.77. The molecule has 0 unspecified atom stereocenters. The average molecular weight is 341 g/mol. The van der Waals surface area contributed by atoms with E-state index in [1.54, 1.807) is 27.4 Å². The maximum atomic E-state index is 12.1. The lowest BCUT2D eigenvalue weighted by Crippen LogP contribution is -2.31. The van der Waals surface area contributed by atoms with Crippen molar-refractivity contribution < 1.29 is 19.0 Å². The van der Waals surface area contributed by atoms with E-state index in [1.165, 1.54) is 11.1 Å². The molecular weight excluding hydrogens is 318 g/mol. The second-order valence-corrected chi connectivity index (χ2v) is 6.96. The molecule has 3 aliphatic rings. The summed E-state index contributed by atoms with van der Waals surface area (Å²) < 4.78 is 16.7. The number of fused-ring (bicyclic) bond motifs is 1. The summed E-state index contributed by atoms with van der Waals surface area (Å²) in [4.78, 5) is 14.5. The maximum absolute atomic E-state index is 12.1. The molecule has 0 fully saturated rings. The maximum Gasteiger partial charge on any atom is 0.219 e. The van der Waals surface area contributed by atoms with Crippen molar-refractivity contribution >= 4 is 5.78 Å². The van der Waals surface area contributed by atoms with Gasteiger partial charge in [0.25, 0.3) is 0 Å². The number of allylic oxidation sites excluding steroid dienone is 3. The molecule has 5 heteroatoms. The van der Waals surface area contributed by atoms with Crippen LogP contribution in [0.4, 0.5) is 0 Å². The first-order valence-electron chi connectivity index (χ1n) is 8.53. The largest absolute Gasteiger partial charge is 0.493 e. The number of ether oxygens (including phenoxy) is 3. The lowest BCUT2D eigenvalue weighted by Gasteiger charge is -2.32. The fourth-order valence-electron chi connectivity index (χ4n) is 4.57. The van der Waals surface area contributed by atoms with E-state index in [-0.39, 0.29) is 5.78 Å². The van der Waals surface area contributed by atoms with Crippen molar-refractivity contribution in [3.63, 3.8) is 0 Å². The summed E-state index contributed by atoms with van der Waals surface area (Å²) in [7, 11) is 7.04. The fraction of sp³-hybridized carbons (Fsp3) is 0.450. The van der Waals surface area contributed by atoms with Gasteiger partial charge in [0, 0.05) is 23.6 Å². The van der Waals surface area contributed by atoms with Gasteiger partial charge in [0.1, 0.15) is 0 Å². The molecule has 0 N–H and O–H groups in total. The molecule has 1 aromatic rings. The Kier molecular flexibility index (Phi) is 3.65. The molecular formula is C20H23NO4. The van der Waals surface area contributed by atoms with Crippen LogP contribution in [0.25, 0.3) is 0 Å². The van der Waals surface area contributed by atoms with Gasteiger partial charge in [-0.15, -0.1) is 0 Å². The first kappa shape index (κ1) is 16.2. The van der Waals surface area contributed by atoms with E-state index < -0.39 is 5.41 Å². The van der Waals surface area contributed by atoms with Crippen LogP contribution in [0.3, 0.4) is 0 Å². The number of benzene rings is 1. The predicted molar refractivity (Wildman–Crippen MR) is 94.2 cm³/mol. The van der Waals surface area contributed by atoms with E-state index in [0.717, 1.165) is 36.4 Å². The quantitative estimate of drug-likeness (QED) is 0.846. The summed E-state index contributed by atoms with van der Waals surface area (Å²) in [6.45, 7) is 1.01. The summed E-state index contributed by atoms with van der Waals surface area (Å²) >= 11 is 0. The fourth-order valence-corrected chi connectivity index (χ4v) is 4.57. The van der Waals surface area contributed by atoms with Crippen LogP contribution in [0, 0.1) is 0 Å². The molecule has 0 aromatic heterocycles. The standard InChI is InChI=1S/C20H23NO4/c1-21-8-6-12-9-15(23-2)19(25-4)18-17(12)13(21)10-20(18)7-5-14(22)16(11-20)24-3/h5,7,9,11,13H,6,8,10H2,1-4H3/t13-,20+/m0/s1. The Labute approximate surface area is 147 Å². The van der Waals surface area contributed by atoms with Crippen molar-refractivity contribution in [2.45, 2.75) is 24.3 Å². The number of nitrogens with zero attached hydrogens (tertiary/aromatic N) is 1. The highest BCUT2D eigenvalue weighted by molar-refractivity contribution is 6.04. The number of carbonyl (C=O) groups excluding carboxylic acids is 1. The molecule has 4 rings (SSSR count). The van der Waals surface area contributed by atoms with E-state index in [4.69, 9.17) is 14.2 Å². The molecule has 132 valence electrons. The normalized spacial score (nSPS) is 27.3. The smallest absolute Gasteiger partial charge is 0.219 e. The highest BCUT2D eigenvalue weighted by Gasteiger charge is 2.49. The van der Waals surface area contributed by atoms with E-state index in [9.17, 15) is 4.79 Å². The van der Waals surface area contributed by atoms with E-state index in [1.807, 2.05) is 12.2 Å². The Balaban J connectivity index is 2.03. The Morgan fingerprint density at radius 1 is 1.20 bits per heavy atom. The molecule has 25 heavy (non-hydrogen) atoms. The zero-order valence-corrected chi connectivity index (χ0v) is 15.1. The second-order valence-electron chi connectivity index (χ2n) is 6.96. The van der Waals surface area contributed by atoms with Gasteiger partial charge in [-0.2, -0.15) is 0 Å². The third-order valence-corrected chi connectivity index (χ3v) is 5.77.